The molecule has 1 fully saturated rings. The molecule has 19 heavy (non-hydrogen) atoms. The summed E-state index contributed by atoms with van der Waals surface area (Å²) in [5.74, 6) is 0.974. The summed E-state index contributed by atoms with van der Waals surface area (Å²) in [4.78, 5) is 2.38. The number of hydrogen-bond donors (Lipinski definition) is 1. The highest BCUT2D eigenvalue weighted by Gasteiger charge is 2.29. The molecule has 0 aromatic heterocycles. The van der Waals surface area contributed by atoms with E-state index < -0.39 is 0 Å². The SMILES string of the molecule is Cc1cccc(OCCN(C)CC2(C)CCNC2)c1. The normalized spacial score (nSPS) is 22.9. The maximum atomic E-state index is 5.80. The van der Waals surface area contributed by atoms with Crippen LogP contribution in [0.5, 0.6) is 5.75 Å². The largest absolute Gasteiger partial charge is 0.492 e. The quantitative estimate of drug-likeness (QED) is 0.851. The molecule has 3 heteroatoms. The second kappa shape index (κ2) is 6.40. The van der Waals surface area contributed by atoms with E-state index in [0.717, 1.165) is 38.5 Å². The highest BCUT2D eigenvalue weighted by Crippen LogP contribution is 2.25. The third kappa shape index (κ3) is 4.51. The summed E-state index contributed by atoms with van der Waals surface area (Å²) in [6.07, 6.45) is 1.27. The van der Waals surface area contributed by atoms with Crippen molar-refractivity contribution in [1.82, 2.24) is 10.2 Å². The summed E-state index contributed by atoms with van der Waals surface area (Å²) in [5.41, 5.74) is 1.67. The van der Waals surface area contributed by atoms with Crippen LogP contribution in [0.1, 0.15) is 18.9 Å². The van der Waals surface area contributed by atoms with E-state index in [4.69, 9.17) is 4.74 Å². The first kappa shape index (κ1) is 14.4. The average molecular weight is 262 g/mol. The van der Waals surface area contributed by atoms with Crippen LogP contribution in [0.4, 0.5) is 0 Å². The van der Waals surface area contributed by atoms with Gasteiger partial charge in [-0.2, -0.15) is 0 Å². The molecule has 1 heterocycles. The molecule has 106 valence electrons. The molecule has 1 N–H and O–H groups in total. The minimum Gasteiger partial charge on any atom is -0.492 e. The molecule has 3 nitrogen and oxygen atoms in total. The highest BCUT2D eigenvalue weighted by molar-refractivity contribution is 5.27. The van der Waals surface area contributed by atoms with E-state index in [9.17, 15) is 0 Å². The number of likely N-dealkylation sites (N-methyl/N-ethyl adjacent to an activating group) is 1. The molecule has 1 aliphatic heterocycles. The van der Waals surface area contributed by atoms with Crippen LogP contribution >= 0.6 is 0 Å². The second-order valence-corrected chi connectivity index (χ2v) is 6.14. The summed E-state index contributed by atoms with van der Waals surface area (Å²) < 4.78 is 5.80. The van der Waals surface area contributed by atoms with Crippen LogP contribution in [0, 0.1) is 12.3 Å². The molecule has 0 saturated carbocycles. The van der Waals surface area contributed by atoms with E-state index in [1.165, 1.54) is 12.0 Å². The standard InChI is InChI=1S/C16H26N2O/c1-14-5-4-6-15(11-14)19-10-9-18(3)13-16(2)7-8-17-12-16/h4-6,11,17H,7-10,12-13H2,1-3H3. The molecule has 1 atom stereocenters. The lowest BCUT2D eigenvalue weighted by atomic mass is 9.89. The van der Waals surface area contributed by atoms with Gasteiger partial charge in [0.25, 0.3) is 0 Å². The van der Waals surface area contributed by atoms with Crippen molar-refractivity contribution in [2.75, 3.05) is 39.8 Å². The van der Waals surface area contributed by atoms with Gasteiger partial charge in [-0.1, -0.05) is 19.1 Å². The second-order valence-electron chi connectivity index (χ2n) is 6.14. The fourth-order valence-corrected chi connectivity index (χ4v) is 2.76. The number of aryl methyl sites for hydroxylation is 1. The van der Waals surface area contributed by atoms with Crippen molar-refractivity contribution in [1.29, 1.82) is 0 Å². The van der Waals surface area contributed by atoms with Crippen molar-refractivity contribution in [3.8, 4) is 5.75 Å². The van der Waals surface area contributed by atoms with Crippen molar-refractivity contribution in [3.05, 3.63) is 29.8 Å². The molecule has 1 aromatic rings. The lowest BCUT2D eigenvalue weighted by Gasteiger charge is -2.29. The van der Waals surface area contributed by atoms with E-state index in [-0.39, 0.29) is 0 Å². The number of benzene rings is 1. The molecule has 0 aliphatic carbocycles. The van der Waals surface area contributed by atoms with E-state index >= 15 is 0 Å². The lowest BCUT2D eigenvalue weighted by Crippen LogP contribution is -2.37. The molecule has 1 saturated heterocycles. The Kier molecular flexibility index (Phi) is 4.83. The number of nitrogens with one attached hydrogen (secondary N) is 1. The zero-order valence-electron chi connectivity index (χ0n) is 12.4. The van der Waals surface area contributed by atoms with Gasteiger partial charge in [0.1, 0.15) is 12.4 Å². The summed E-state index contributed by atoms with van der Waals surface area (Å²) in [6.45, 7) is 9.61. The summed E-state index contributed by atoms with van der Waals surface area (Å²) in [5, 5.41) is 3.45. The highest BCUT2D eigenvalue weighted by atomic mass is 16.5. The van der Waals surface area contributed by atoms with Gasteiger partial charge in [0.2, 0.25) is 0 Å². The Hall–Kier alpha value is -1.06. The van der Waals surface area contributed by atoms with Crippen molar-refractivity contribution < 1.29 is 4.74 Å². The minimum atomic E-state index is 0.429. The summed E-state index contributed by atoms with van der Waals surface area (Å²) >= 11 is 0. The number of hydrogen-bond acceptors (Lipinski definition) is 3. The molecule has 0 spiro atoms. The van der Waals surface area contributed by atoms with Crippen molar-refractivity contribution >= 4 is 0 Å². The third-order valence-electron chi connectivity index (χ3n) is 3.84. The Morgan fingerprint density at radius 3 is 2.95 bits per heavy atom. The first-order valence-electron chi connectivity index (χ1n) is 7.16. The van der Waals surface area contributed by atoms with Crippen LogP contribution in [0.25, 0.3) is 0 Å². The Balaban J connectivity index is 1.70. The van der Waals surface area contributed by atoms with Gasteiger partial charge < -0.3 is 15.0 Å². The first-order valence-corrected chi connectivity index (χ1v) is 7.16. The van der Waals surface area contributed by atoms with E-state index in [2.05, 4.69) is 43.2 Å². The van der Waals surface area contributed by atoms with Crippen LogP contribution in [0.3, 0.4) is 0 Å². The number of rotatable bonds is 6. The molecular weight excluding hydrogens is 236 g/mol. The van der Waals surface area contributed by atoms with Gasteiger partial charge in [-0.15, -0.1) is 0 Å². The minimum absolute atomic E-state index is 0.429. The Bertz CT molecular complexity index is 399. The maximum absolute atomic E-state index is 5.80. The van der Waals surface area contributed by atoms with Crippen LogP contribution in [-0.2, 0) is 0 Å². The summed E-state index contributed by atoms with van der Waals surface area (Å²) in [7, 11) is 2.18. The topological polar surface area (TPSA) is 24.5 Å². The molecule has 1 aromatic carbocycles. The molecule has 0 amide bonds. The third-order valence-corrected chi connectivity index (χ3v) is 3.84. The average Bonchev–Trinajstić information content (AvgIpc) is 2.75. The Morgan fingerprint density at radius 1 is 1.42 bits per heavy atom. The van der Waals surface area contributed by atoms with Gasteiger partial charge in [-0.05, 0) is 50.0 Å². The number of nitrogens with zero attached hydrogens (tertiary/aromatic N) is 1. The molecule has 1 aliphatic rings. The van der Waals surface area contributed by atoms with Crippen LogP contribution in [0.2, 0.25) is 0 Å². The van der Waals surface area contributed by atoms with Crippen LogP contribution in [0.15, 0.2) is 24.3 Å². The van der Waals surface area contributed by atoms with E-state index in [0.29, 0.717) is 5.41 Å². The van der Waals surface area contributed by atoms with Crippen LogP contribution in [-0.4, -0.2) is 44.7 Å². The molecule has 0 radical (unpaired) electrons. The van der Waals surface area contributed by atoms with Gasteiger partial charge in [0, 0.05) is 19.6 Å². The molecular formula is C16H26N2O. The van der Waals surface area contributed by atoms with E-state index in [1.54, 1.807) is 0 Å². The smallest absolute Gasteiger partial charge is 0.119 e. The maximum Gasteiger partial charge on any atom is 0.119 e. The summed E-state index contributed by atoms with van der Waals surface area (Å²) in [6, 6.07) is 8.24. The van der Waals surface area contributed by atoms with Gasteiger partial charge in [-0.3, -0.25) is 0 Å². The Morgan fingerprint density at radius 2 is 2.26 bits per heavy atom. The van der Waals surface area contributed by atoms with Crippen molar-refractivity contribution in [3.63, 3.8) is 0 Å². The monoisotopic (exact) mass is 262 g/mol. The van der Waals surface area contributed by atoms with Crippen LogP contribution < -0.4 is 10.1 Å². The zero-order valence-corrected chi connectivity index (χ0v) is 12.4. The predicted octanol–water partition coefficient (Wildman–Crippen LogP) is 2.31. The zero-order chi connectivity index (χ0) is 13.7. The van der Waals surface area contributed by atoms with Crippen molar-refractivity contribution in [2.24, 2.45) is 5.41 Å². The fraction of sp³-hybridized carbons (Fsp3) is 0.625. The lowest BCUT2D eigenvalue weighted by molar-refractivity contribution is 0.177. The number of ether oxygens (including phenoxy) is 1. The van der Waals surface area contributed by atoms with Gasteiger partial charge in [-0.25, -0.2) is 0 Å². The van der Waals surface area contributed by atoms with Crippen molar-refractivity contribution in [2.45, 2.75) is 20.3 Å². The molecule has 1 unspecified atom stereocenters. The fourth-order valence-electron chi connectivity index (χ4n) is 2.76. The molecule has 2 rings (SSSR count). The van der Waals surface area contributed by atoms with Gasteiger partial charge in [0.05, 0.1) is 0 Å². The molecule has 0 bridgehead atoms. The van der Waals surface area contributed by atoms with E-state index in [1.807, 2.05) is 12.1 Å². The predicted molar refractivity (Wildman–Crippen MR) is 79.8 cm³/mol. The Labute approximate surface area is 116 Å². The first-order chi connectivity index (χ1) is 9.07. The van der Waals surface area contributed by atoms with Gasteiger partial charge >= 0.3 is 0 Å². The van der Waals surface area contributed by atoms with Gasteiger partial charge in [0.15, 0.2) is 0 Å².